The Morgan fingerprint density at radius 3 is 2.53 bits per heavy atom. The fourth-order valence-corrected chi connectivity index (χ4v) is 3.37. The molecule has 0 aromatic rings. The molecule has 2 heterocycles. The van der Waals surface area contributed by atoms with Crippen molar-refractivity contribution in [2.75, 3.05) is 19.6 Å². The number of hydrogen-bond donors (Lipinski definition) is 2. The molecule has 2 rings (SSSR count). The normalized spacial score (nSPS) is 28.6. The molecular weight excluding hydrogens is 242 g/mol. The molecule has 2 saturated heterocycles. The molecule has 0 saturated carbocycles. The van der Waals surface area contributed by atoms with E-state index in [1.165, 1.54) is 0 Å². The molecule has 0 bridgehead atoms. The standard InChI is InChI=1S/C14H25N3O2/c1-2-14(6-3-7-16-14)13(19)17-8-4-11(5-9-17)10-12(15)18/h11,16H,2-10H2,1H3,(H2,15,18). The summed E-state index contributed by atoms with van der Waals surface area (Å²) in [5.41, 5.74) is 4.91. The Hall–Kier alpha value is -1.10. The van der Waals surface area contributed by atoms with Crippen molar-refractivity contribution >= 4 is 11.8 Å². The van der Waals surface area contributed by atoms with E-state index in [0.717, 1.165) is 51.7 Å². The lowest BCUT2D eigenvalue weighted by molar-refractivity contribution is -0.139. The van der Waals surface area contributed by atoms with Crippen molar-refractivity contribution in [2.24, 2.45) is 11.7 Å². The molecule has 0 spiro atoms. The predicted octanol–water partition coefficient (Wildman–Crippen LogP) is 0.633. The number of carbonyl (C=O) groups excluding carboxylic acids is 2. The van der Waals surface area contributed by atoms with Crippen molar-refractivity contribution in [3.8, 4) is 0 Å². The van der Waals surface area contributed by atoms with E-state index in [1.54, 1.807) is 0 Å². The predicted molar refractivity (Wildman–Crippen MR) is 73.4 cm³/mol. The Morgan fingerprint density at radius 1 is 1.37 bits per heavy atom. The first-order chi connectivity index (χ1) is 9.07. The van der Waals surface area contributed by atoms with E-state index in [1.807, 2.05) is 4.90 Å². The second-order valence-corrected chi connectivity index (χ2v) is 5.87. The number of nitrogens with one attached hydrogen (secondary N) is 1. The lowest BCUT2D eigenvalue weighted by Gasteiger charge is -2.38. The minimum Gasteiger partial charge on any atom is -0.370 e. The molecule has 2 fully saturated rings. The number of amides is 2. The quantitative estimate of drug-likeness (QED) is 0.784. The van der Waals surface area contributed by atoms with E-state index >= 15 is 0 Å². The second kappa shape index (κ2) is 5.90. The van der Waals surface area contributed by atoms with E-state index in [2.05, 4.69) is 12.2 Å². The minimum absolute atomic E-state index is 0.229. The highest BCUT2D eigenvalue weighted by atomic mass is 16.2. The van der Waals surface area contributed by atoms with Crippen molar-refractivity contribution in [3.05, 3.63) is 0 Å². The van der Waals surface area contributed by atoms with Gasteiger partial charge in [0.25, 0.3) is 0 Å². The zero-order chi connectivity index (χ0) is 13.9. The topological polar surface area (TPSA) is 75.4 Å². The summed E-state index contributed by atoms with van der Waals surface area (Å²) in [5.74, 6) is 0.382. The highest BCUT2D eigenvalue weighted by molar-refractivity contribution is 5.86. The summed E-state index contributed by atoms with van der Waals surface area (Å²) in [7, 11) is 0. The van der Waals surface area contributed by atoms with Gasteiger partial charge in [-0.05, 0) is 44.6 Å². The monoisotopic (exact) mass is 267 g/mol. The molecule has 0 aromatic carbocycles. The van der Waals surface area contributed by atoms with Crippen molar-refractivity contribution in [3.63, 3.8) is 0 Å². The summed E-state index contributed by atoms with van der Waals surface area (Å²) >= 11 is 0. The SMILES string of the molecule is CCC1(C(=O)N2CCC(CC(N)=O)CC2)CCCN1. The number of nitrogens with two attached hydrogens (primary N) is 1. The van der Waals surface area contributed by atoms with Gasteiger partial charge in [0.15, 0.2) is 0 Å². The lowest BCUT2D eigenvalue weighted by Crippen LogP contribution is -2.56. The highest BCUT2D eigenvalue weighted by Gasteiger charge is 2.42. The summed E-state index contributed by atoms with van der Waals surface area (Å²) in [6.45, 7) is 4.55. The number of primary amides is 1. The smallest absolute Gasteiger partial charge is 0.242 e. The van der Waals surface area contributed by atoms with Crippen LogP contribution in [0.4, 0.5) is 0 Å². The van der Waals surface area contributed by atoms with Crippen LogP contribution in [-0.4, -0.2) is 41.9 Å². The third-order valence-corrected chi connectivity index (χ3v) is 4.65. The Balaban J connectivity index is 1.90. The highest BCUT2D eigenvalue weighted by Crippen LogP contribution is 2.28. The van der Waals surface area contributed by atoms with Gasteiger partial charge in [0.05, 0.1) is 5.54 Å². The zero-order valence-corrected chi connectivity index (χ0v) is 11.8. The molecule has 0 aliphatic carbocycles. The van der Waals surface area contributed by atoms with Crippen LogP contribution in [-0.2, 0) is 9.59 Å². The van der Waals surface area contributed by atoms with Crippen LogP contribution in [0.5, 0.6) is 0 Å². The molecule has 3 N–H and O–H groups in total. The number of carbonyl (C=O) groups is 2. The van der Waals surface area contributed by atoms with Gasteiger partial charge in [-0.2, -0.15) is 0 Å². The van der Waals surface area contributed by atoms with Crippen molar-refractivity contribution in [1.82, 2.24) is 10.2 Å². The molecule has 5 nitrogen and oxygen atoms in total. The van der Waals surface area contributed by atoms with Gasteiger partial charge in [-0.25, -0.2) is 0 Å². The van der Waals surface area contributed by atoms with E-state index in [0.29, 0.717) is 12.3 Å². The van der Waals surface area contributed by atoms with Crippen LogP contribution >= 0.6 is 0 Å². The average Bonchev–Trinajstić information content (AvgIpc) is 2.88. The van der Waals surface area contributed by atoms with Crippen LogP contribution < -0.4 is 11.1 Å². The molecular formula is C14H25N3O2. The van der Waals surface area contributed by atoms with Gasteiger partial charge in [0.1, 0.15) is 0 Å². The first-order valence-corrected chi connectivity index (χ1v) is 7.40. The summed E-state index contributed by atoms with van der Waals surface area (Å²) in [4.78, 5) is 25.5. The van der Waals surface area contributed by atoms with Gasteiger partial charge < -0.3 is 16.0 Å². The van der Waals surface area contributed by atoms with Crippen LogP contribution in [0.2, 0.25) is 0 Å². The van der Waals surface area contributed by atoms with Gasteiger partial charge in [-0.15, -0.1) is 0 Å². The van der Waals surface area contributed by atoms with Crippen LogP contribution in [0.25, 0.3) is 0 Å². The molecule has 0 aromatic heterocycles. The Morgan fingerprint density at radius 2 is 2.05 bits per heavy atom. The Kier molecular flexibility index (Phi) is 4.45. The Labute approximate surface area is 114 Å². The number of hydrogen-bond acceptors (Lipinski definition) is 3. The molecule has 2 aliphatic rings. The van der Waals surface area contributed by atoms with E-state index in [9.17, 15) is 9.59 Å². The summed E-state index contributed by atoms with van der Waals surface area (Å²) in [6.07, 6.45) is 5.14. The number of nitrogens with zero attached hydrogens (tertiary/aromatic N) is 1. The van der Waals surface area contributed by atoms with Gasteiger partial charge in [-0.1, -0.05) is 6.92 Å². The van der Waals surface area contributed by atoms with Crippen LogP contribution in [0.3, 0.4) is 0 Å². The van der Waals surface area contributed by atoms with Crippen molar-refractivity contribution < 1.29 is 9.59 Å². The van der Waals surface area contributed by atoms with Crippen LogP contribution in [0, 0.1) is 5.92 Å². The zero-order valence-electron chi connectivity index (χ0n) is 11.8. The molecule has 1 atom stereocenters. The number of rotatable bonds is 4. The lowest BCUT2D eigenvalue weighted by atomic mass is 9.89. The fourth-order valence-electron chi connectivity index (χ4n) is 3.37. The van der Waals surface area contributed by atoms with E-state index in [4.69, 9.17) is 5.73 Å². The third kappa shape index (κ3) is 3.08. The third-order valence-electron chi connectivity index (χ3n) is 4.65. The summed E-state index contributed by atoms with van der Waals surface area (Å²) in [5, 5.41) is 3.39. The molecule has 108 valence electrons. The fraction of sp³-hybridized carbons (Fsp3) is 0.857. The summed E-state index contributed by atoms with van der Waals surface area (Å²) in [6, 6.07) is 0. The molecule has 1 unspecified atom stereocenters. The van der Waals surface area contributed by atoms with Crippen molar-refractivity contribution in [2.45, 2.75) is 51.0 Å². The first kappa shape index (κ1) is 14.3. The summed E-state index contributed by atoms with van der Waals surface area (Å²) < 4.78 is 0. The average molecular weight is 267 g/mol. The first-order valence-electron chi connectivity index (χ1n) is 7.40. The molecule has 2 amide bonds. The maximum absolute atomic E-state index is 12.7. The maximum atomic E-state index is 12.7. The molecule has 0 radical (unpaired) electrons. The number of likely N-dealkylation sites (tertiary alicyclic amines) is 1. The maximum Gasteiger partial charge on any atom is 0.242 e. The minimum atomic E-state index is -0.323. The second-order valence-electron chi connectivity index (χ2n) is 5.87. The van der Waals surface area contributed by atoms with Crippen LogP contribution in [0.1, 0.15) is 45.4 Å². The van der Waals surface area contributed by atoms with Crippen molar-refractivity contribution in [1.29, 1.82) is 0 Å². The van der Waals surface area contributed by atoms with Gasteiger partial charge >= 0.3 is 0 Å². The van der Waals surface area contributed by atoms with Gasteiger partial charge in [0.2, 0.25) is 11.8 Å². The van der Waals surface area contributed by atoms with Gasteiger partial charge in [0, 0.05) is 19.5 Å². The van der Waals surface area contributed by atoms with Crippen LogP contribution in [0.15, 0.2) is 0 Å². The van der Waals surface area contributed by atoms with E-state index in [-0.39, 0.29) is 17.4 Å². The largest absolute Gasteiger partial charge is 0.370 e. The molecule has 5 heteroatoms. The Bertz CT molecular complexity index is 343. The molecule has 2 aliphatic heterocycles. The molecule has 19 heavy (non-hydrogen) atoms. The van der Waals surface area contributed by atoms with E-state index < -0.39 is 0 Å². The number of piperidine rings is 1. The van der Waals surface area contributed by atoms with Gasteiger partial charge in [-0.3, -0.25) is 9.59 Å².